The first-order chi connectivity index (χ1) is 8.74. The topological polar surface area (TPSA) is 54.7 Å². The first kappa shape index (κ1) is 11.5. The van der Waals surface area contributed by atoms with Crippen molar-refractivity contribution in [3.05, 3.63) is 53.1 Å². The van der Waals surface area contributed by atoms with Gasteiger partial charge in [0.1, 0.15) is 5.82 Å². The monoisotopic (exact) mass is 241 g/mol. The Hall–Kier alpha value is -1.61. The average molecular weight is 241 g/mol. The van der Waals surface area contributed by atoms with Crippen LogP contribution < -0.4 is 5.73 Å². The molecule has 1 aliphatic carbocycles. The highest BCUT2D eigenvalue weighted by Gasteiger charge is 2.22. The third kappa shape index (κ3) is 2.06. The molecular weight excluding hydrogens is 222 g/mol. The van der Waals surface area contributed by atoms with Crippen LogP contribution in [0.4, 0.5) is 0 Å². The third-order valence-corrected chi connectivity index (χ3v) is 3.84. The minimum Gasteiger partial charge on any atom is -0.344 e. The van der Waals surface area contributed by atoms with Gasteiger partial charge in [-0.1, -0.05) is 24.3 Å². The van der Waals surface area contributed by atoms with Gasteiger partial charge in [-0.25, -0.2) is 4.98 Å². The standard InChI is InChI=1S/C15H19N3/c1-10(16)14-9-17-15(18-14)13-7-6-11-4-2-3-5-12(11)8-13/h2-5,9-10,13H,6-8,16H2,1H3,(H,17,18). The molecule has 1 aliphatic rings. The Bertz CT molecular complexity index is 542. The molecule has 1 aromatic carbocycles. The molecule has 0 radical (unpaired) electrons. The van der Waals surface area contributed by atoms with Gasteiger partial charge in [-0.2, -0.15) is 0 Å². The number of rotatable bonds is 2. The second-order valence-electron chi connectivity index (χ2n) is 5.22. The zero-order chi connectivity index (χ0) is 12.5. The summed E-state index contributed by atoms with van der Waals surface area (Å²) < 4.78 is 0. The summed E-state index contributed by atoms with van der Waals surface area (Å²) in [7, 11) is 0. The zero-order valence-electron chi connectivity index (χ0n) is 10.7. The number of nitrogens with two attached hydrogens (primary N) is 1. The molecule has 3 rings (SSSR count). The van der Waals surface area contributed by atoms with Crippen LogP contribution in [0.3, 0.4) is 0 Å². The number of imidazole rings is 1. The molecule has 3 N–H and O–H groups in total. The van der Waals surface area contributed by atoms with Gasteiger partial charge in [0.25, 0.3) is 0 Å². The summed E-state index contributed by atoms with van der Waals surface area (Å²) in [6.45, 7) is 1.98. The van der Waals surface area contributed by atoms with Crippen LogP contribution in [0, 0.1) is 0 Å². The quantitative estimate of drug-likeness (QED) is 0.849. The summed E-state index contributed by atoms with van der Waals surface area (Å²) in [5.74, 6) is 1.60. The molecule has 0 saturated heterocycles. The molecule has 2 unspecified atom stereocenters. The molecule has 0 aliphatic heterocycles. The van der Waals surface area contributed by atoms with Crippen LogP contribution in [0.15, 0.2) is 30.5 Å². The van der Waals surface area contributed by atoms with E-state index in [9.17, 15) is 0 Å². The molecular formula is C15H19N3. The van der Waals surface area contributed by atoms with E-state index in [0.717, 1.165) is 24.4 Å². The number of hydrogen-bond donors (Lipinski definition) is 2. The van der Waals surface area contributed by atoms with Gasteiger partial charge in [0.15, 0.2) is 0 Å². The van der Waals surface area contributed by atoms with E-state index in [0.29, 0.717) is 5.92 Å². The number of nitrogens with one attached hydrogen (secondary N) is 1. The Morgan fingerprint density at radius 3 is 2.83 bits per heavy atom. The lowest BCUT2D eigenvalue weighted by molar-refractivity contribution is 0.558. The lowest BCUT2D eigenvalue weighted by Crippen LogP contribution is -2.14. The number of fused-ring (bicyclic) bond motifs is 1. The maximum Gasteiger partial charge on any atom is 0.109 e. The number of nitrogens with zero attached hydrogens (tertiary/aromatic N) is 1. The van der Waals surface area contributed by atoms with Gasteiger partial charge in [0.05, 0.1) is 5.69 Å². The van der Waals surface area contributed by atoms with Crippen molar-refractivity contribution in [2.75, 3.05) is 0 Å². The van der Waals surface area contributed by atoms with Gasteiger partial charge >= 0.3 is 0 Å². The number of benzene rings is 1. The molecule has 1 heterocycles. The first-order valence-corrected chi connectivity index (χ1v) is 6.61. The van der Waals surface area contributed by atoms with E-state index in [1.807, 2.05) is 13.1 Å². The van der Waals surface area contributed by atoms with Crippen LogP contribution in [0.2, 0.25) is 0 Å². The van der Waals surface area contributed by atoms with Gasteiger partial charge in [-0.15, -0.1) is 0 Å². The zero-order valence-corrected chi connectivity index (χ0v) is 10.7. The molecule has 1 aromatic heterocycles. The SMILES string of the molecule is CC(N)c1cnc(C2CCc3ccccc3C2)[nH]1. The fourth-order valence-corrected chi connectivity index (χ4v) is 2.72. The van der Waals surface area contributed by atoms with Crippen LogP contribution in [0.25, 0.3) is 0 Å². The summed E-state index contributed by atoms with van der Waals surface area (Å²) in [6.07, 6.45) is 5.28. The van der Waals surface area contributed by atoms with E-state index >= 15 is 0 Å². The largest absolute Gasteiger partial charge is 0.344 e. The minimum absolute atomic E-state index is 0.0297. The van der Waals surface area contributed by atoms with Crippen LogP contribution in [-0.4, -0.2) is 9.97 Å². The molecule has 18 heavy (non-hydrogen) atoms. The van der Waals surface area contributed by atoms with Crippen molar-refractivity contribution in [2.45, 2.75) is 38.1 Å². The first-order valence-electron chi connectivity index (χ1n) is 6.61. The molecule has 0 amide bonds. The van der Waals surface area contributed by atoms with Crippen molar-refractivity contribution in [2.24, 2.45) is 5.73 Å². The number of aromatic amines is 1. The van der Waals surface area contributed by atoms with Gasteiger partial charge in [-0.05, 0) is 37.3 Å². The van der Waals surface area contributed by atoms with Crippen molar-refractivity contribution >= 4 is 0 Å². The van der Waals surface area contributed by atoms with E-state index in [1.54, 1.807) is 0 Å². The van der Waals surface area contributed by atoms with Crippen molar-refractivity contribution in [1.29, 1.82) is 0 Å². The van der Waals surface area contributed by atoms with Crippen LogP contribution in [0.5, 0.6) is 0 Å². The van der Waals surface area contributed by atoms with Gasteiger partial charge in [-0.3, -0.25) is 0 Å². The molecule has 2 atom stereocenters. The summed E-state index contributed by atoms with van der Waals surface area (Å²) in [5, 5.41) is 0. The van der Waals surface area contributed by atoms with Crippen molar-refractivity contribution in [3.63, 3.8) is 0 Å². The molecule has 94 valence electrons. The Kier molecular flexibility index (Phi) is 2.92. The smallest absolute Gasteiger partial charge is 0.109 e. The summed E-state index contributed by atoms with van der Waals surface area (Å²) >= 11 is 0. The second-order valence-corrected chi connectivity index (χ2v) is 5.22. The fraction of sp³-hybridized carbons (Fsp3) is 0.400. The van der Waals surface area contributed by atoms with Gasteiger partial charge in [0.2, 0.25) is 0 Å². The molecule has 0 fully saturated rings. The van der Waals surface area contributed by atoms with E-state index in [2.05, 4.69) is 34.2 Å². The Morgan fingerprint density at radius 2 is 2.11 bits per heavy atom. The normalized spacial score (nSPS) is 20.4. The molecule has 3 heteroatoms. The van der Waals surface area contributed by atoms with Crippen LogP contribution >= 0.6 is 0 Å². The lowest BCUT2D eigenvalue weighted by atomic mass is 9.83. The predicted octanol–water partition coefficient (Wildman–Crippen LogP) is 2.70. The van der Waals surface area contributed by atoms with Crippen molar-refractivity contribution in [1.82, 2.24) is 9.97 Å². The van der Waals surface area contributed by atoms with Gasteiger partial charge in [0, 0.05) is 18.2 Å². The number of hydrogen-bond acceptors (Lipinski definition) is 2. The van der Waals surface area contributed by atoms with Gasteiger partial charge < -0.3 is 10.7 Å². The molecule has 3 nitrogen and oxygen atoms in total. The highest BCUT2D eigenvalue weighted by atomic mass is 14.9. The van der Waals surface area contributed by atoms with E-state index in [4.69, 9.17) is 5.73 Å². The Labute approximate surface area is 107 Å². The van der Waals surface area contributed by atoms with Crippen LogP contribution in [-0.2, 0) is 12.8 Å². The summed E-state index contributed by atoms with van der Waals surface area (Å²) in [6, 6.07) is 8.75. The van der Waals surface area contributed by atoms with Crippen molar-refractivity contribution < 1.29 is 0 Å². The maximum absolute atomic E-state index is 5.86. The van der Waals surface area contributed by atoms with E-state index < -0.39 is 0 Å². The number of aromatic nitrogens is 2. The van der Waals surface area contributed by atoms with Crippen molar-refractivity contribution in [3.8, 4) is 0 Å². The highest BCUT2D eigenvalue weighted by molar-refractivity contribution is 5.31. The maximum atomic E-state index is 5.86. The predicted molar refractivity (Wildman–Crippen MR) is 72.4 cm³/mol. The minimum atomic E-state index is 0.0297. The number of aryl methyl sites for hydroxylation is 1. The lowest BCUT2D eigenvalue weighted by Gasteiger charge is -2.23. The number of H-pyrrole nitrogens is 1. The second kappa shape index (κ2) is 4.58. The van der Waals surface area contributed by atoms with E-state index in [1.165, 1.54) is 17.5 Å². The molecule has 2 aromatic rings. The summed E-state index contributed by atoms with van der Waals surface area (Å²) in [5.41, 5.74) is 9.85. The Morgan fingerprint density at radius 1 is 1.33 bits per heavy atom. The van der Waals surface area contributed by atoms with Crippen LogP contribution in [0.1, 0.15) is 47.9 Å². The average Bonchev–Trinajstić information content (AvgIpc) is 2.88. The Balaban J connectivity index is 1.83. The molecule has 0 spiro atoms. The fourth-order valence-electron chi connectivity index (χ4n) is 2.72. The third-order valence-electron chi connectivity index (χ3n) is 3.84. The van der Waals surface area contributed by atoms with E-state index in [-0.39, 0.29) is 6.04 Å². The summed E-state index contributed by atoms with van der Waals surface area (Å²) in [4.78, 5) is 7.88. The highest BCUT2D eigenvalue weighted by Crippen LogP contribution is 2.31. The molecule has 0 bridgehead atoms. The molecule has 0 saturated carbocycles.